The Hall–Kier alpha value is -0.760. The first-order valence-electron chi connectivity index (χ1n) is 5.15. The standard InChI is InChI=1S/C11H20N2/c1-3-4-5-7-13-8-6-11(9-13)10(2)12/h6,8-10H,3-5,7,12H2,1-2H3. The second-order valence-corrected chi connectivity index (χ2v) is 3.68. The van der Waals surface area contributed by atoms with Gasteiger partial charge >= 0.3 is 0 Å². The van der Waals surface area contributed by atoms with Crippen LogP contribution in [0.2, 0.25) is 0 Å². The normalized spacial score (nSPS) is 13.2. The van der Waals surface area contributed by atoms with Gasteiger partial charge in [0.25, 0.3) is 0 Å². The van der Waals surface area contributed by atoms with Crippen LogP contribution in [0.1, 0.15) is 44.7 Å². The average molecular weight is 180 g/mol. The molecular formula is C11H20N2. The molecule has 1 aromatic rings. The maximum Gasteiger partial charge on any atom is 0.0281 e. The van der Waals surface area contributed by atoms with Crippen molar-refractivity contribution in [2.75, 3.05) is 0 Å². The van der Waals surface area contributed by atoms with Gasteiger partial charge in [-0.2, -0.15) is 0 Å². The van der Waals surface area contributed by atoms with E-state index in [1.807, 2.05) is 6.92 Å². The summed E-state index contributed by atoms with van der Waals surface area (Å²) in [4.78, 5) is 0. The summed E-state index contributed by atoms with van der Waals surface area (Å²) in [5.41, 5.74) is 7.00. The minimum absolute atomic E-state index is 0.160. The van der Waals surface area contributed by atoms with Gasteiger partial charge in [0.2, 0.25) is 0 Å². The van der Waals surface area contributed by atoms with Crippen molar-refractivity contribution in [3.8, 4) is 0 Å². The van der Waals surface area contributed by atoms with E-state index >= 15 is 0 Å². The van der Waals surface area contributed by atoms with Gasteiger partial charge in [0, 0.05) is 25.0 Å². The molecule has 13 heavy (non-hydrogen) atoms. The van der Waals surface area contributed by atoms with E-state index in [-0.39, 0.29) is 6.04 Å². The second kappa shape index (κ2) is 5.07. The van der Waals surface area contributed by atoms with Crippen LogP contribution in [0.25, 0.3) is 0 Å². The van der Waals surface area contributed by atoms with Gasteiger partial charge in [0.05, 0.1) is 0 Å². The van der Waals surface area contributed by atoms with Crippen molar-refractivity contribution in [3.63, 3.8) is 0 Å². The molecule has 2 nitrogen and oxygen atoms in total. The summed E-state index contributed by atoms with van der Waals surface area (Å²) in [5, 5.41) is 0. The number of unbranched alkanes of at least 4 members (excludes halogenated alkanes) is 2. The highest BCUT2D eigenvalue weighted by Crippen LogP contribution is 2.10. The van der Waals surface area contributed by atoms with E-state index in [0.717, 1.165) is 6.54 Å². The molecule has 0 spiro atoms. The van der Waals surface area contributed by atoms with E-state index in [9.17, 15) is 0 Å². The molecule has 0 aliphatic rings. The summed E-state index contributed by atoms with van der Waals surface area (Å²) < 4.78 is 2.23. The molecular weight excluding hydrogens is 160 g/mol. The first kappa shape index (κ1) is 10.3. The van der Waals surface area contributed by atoms with Gasteiger partial charge < -0.3 is 10.3 Å². The summed E-state index contributed by atoms with van der Waals surface area (Å²) in [6.07, 6.45) is 8.13. The summed E-state index contributed by atoms with van der Waals surface area (Å²) in [7, 11) is 0. The van der Waals surface area contributed by atoms with Crippen LogP contribution < -0.4 is 5.73 Å². The first-order valence-corrected chi connectivity index (χ1v) is 5.15. The molecule has 0 saturated heterocycles. The molecule has 0 aliphatic carbocycles. The van der Waals surface area contributed by atoms with E-state index < -0.39 is 0 Å². The highest BCUT2D eigenvalue weighted by atomic mass is 14.9. The van der Waals surface area contributed by atoms with Crippen molar-refractivity contribution in [3.05, 3.63) is 24.0 Å². The summed E-state index contributed by atoms with van der Waals surface area (Å²) in [6, 6.07) is 2.27. The Morgan fingerprint density at radius 2 is 2.23 bits per heavy atom. The fourth-order valence-electron chi connectivity index (χ4n) is 1.41. The van der Waals surface area contributed by atoms with Crippen molar-refractivity contribution in [2.45, 2.75) is 45.7 Å². The Balaban J connectivity index is 2.40. The van der Waals surface area contributed by atoms with E-state index in [1.165, 1.54) is 24.8 Å². The highest BCUT2D eigenvalue weighted by molar-refractivity contribution is 5.13. The molecule has 1 unspecified atom stereocenters. The lowest BCUT2D eigenvalue weighted by molar-refractivity contribution is 0.602. The summed E-state index contributed by atoms with van der Waals surface area (Å²) in [6.45, 7) is 5.37. The van der Waals surface area contributed by atoms with Crippen LogP contribution in [0.4, 0.5) is 0 Å². The highest BCUT2D eigenvalue weighted by Gasteiger charge is 2.00. The Bertz CT molecular complexity index is 238. The minimum atomic E-state index is 0.160. The molecule has 1 rings (SSSR count). The molecule has 0 bridgehead atoms. The molecule has 0 aromatic carbocycles. The van der Waals surface area contributed by atoms with Gasteiger partial charge in [-0.25, -0.2) is 0 Å². The molecule has 0 fully saturated rings. The molecule has 0 radical (unpaired) electrons. The lowest BCUT2D eigenvalue weighted by Crippen LogP contribution is -2.03. The van der Waals surface area contributed by atoms with Crippen molar-refractivity contribution in [1.82, 2.24) is 4.57 Å². The molecule has 1 atom stereocenters. The molecule has 2 heteroatoms. The quantitative estimate of drug-likeness (QED) is 0.694. The van der Waals surface area contributed by atoms with E-state index in [4.69, 9.17) is 5.73 Å². The van der Waals surface area contributed by atoms with E-state index in [0.29, 0.717) is 0 Å². The van der Waals surface area contributed by atoms with Crippen molar-refractivity contribution < 1.29 is 0 Å². The molecule has 74 valence electrons. The van der Waals surface area contributed by atoms with Crippen LogP contribution in [0, 0.1) is 0 Å². The number of nitrogens with two attached hydrogens (primary N) is 1. The predicted molar refractivity (Wildman–Crippen MR) is 56.6 cm³/mol. The Labute approximate surface area is 80.7 Å². The average Bonchev–Trinajstić information content (AvgIpc) is 2.53. The molecule has 1 heterocycles. The third kappa shape index (κ3) is 3.23. The number of hydrogen-bond acceptors (Lipinski definition) is 1. The van der Waals surface area contributed by atoms with E-state index in [2.05, 4.69) is 30.0 Å². The molecule has 1 aromatic heterocycles. The van der Waals surface area contributed by atoms with E-state index in [1.54, 1.807) is 0 Å². The topological polar surface area (TPSA) is 30.9 Å². The van der Waals surface area contributed by atoms with Crippen LogP contribution in [0.5, 0.6) is 0 Å². The monoisotopic (exact) mass is 180 g/mol. The smallest absolute Gasteiger partial charge is 0.0281 e. The lowest BCUT2D eigenvalue weighted by atomic mass is 10.2. The van der Waals surface area contributed by atoms with Crippen molar-refractivity contribution in [2.24, 2.45) is 5.73 Å². The maximum absolute atomic E-state index is 5.77. The summed E-state index contributed by atoms with van der Waals surface area (Å²) >= 11 is 0. The van der Waals surface area contributed by atoms with Gasteiger partial charge in [-0.1, -0.05) is 19.8 Å². The predicted octanol–water partition coefficient (Wildman–Crippen LogP) is 2.70. The number of nitrogens with zero attached hydrogens (tertiary/aromatic N) is 1. The van der Waals surface area contributed by atoms with Crippen LogP contribution in [-0.2, 0) is 6.54 Å². The fourth-order valence-corrected chi connectivity index (χ4v) is 1.41. The number of rotatable bonds is 5. The van der Waals surface area contributed by atoms with Crippen LogP contribution in [0.15, 0.2) is 18.5 Å². The summed E-state index contributed by atoms with van der Waals surface area (Å²) in [5.74, 6) is 0. The van der Waals surface area contributed by atoms with Gasteiger partial charge in [-0.05, 0) is 25.0 Å². The zero-order valence-electron chi connectivity index (χ0n) is 8.66. The molecule has 0 amide bonds. The SMILES string of the molecule is CCCCCn1ccc(C(C)N)c1. The van der Waals surface area contributed by atoms with Gasteiger partial charge in [-0.15, -0.1) is 0 Å². The third-order valence-corrected chi connectivity index (χ3v) is 2.32. The van der Waals surface area contributed by atoms with Crippen LogP contribution in [0.3, 0.4) is 0 Å². The molecule has 2 N–H and O–H groups in total. The number of aromatic nitrogens is 1. The zero-order valence-corrected chi connectivity index (χ0v) is 8.66. The van der Waals surface area contributed by atoms with Crippen molar-refractivity contribution in [1.29, 1.82) is 0 Å². The van der Waals surface area contributed by atoms with Crippen LogP contribution >= 0.6 is 0 Å². The zero-order chi connectivity index (χ0) is 9.68. The van der Waals surface area contributed by atoms with Crippen molar-refractivity contribution >= 4 is 0 Å². The number of aryl methyl sites for hydroxylation is 1. The molecule has 0 aliphatic heterocycles. The van der Waals surface area contributed by atoms with Crippen LogP contribution in [-0.4, -0.2) is 4.57 Å². The maximum atomic E-state index is 5.77. The van der Waals surface area contributed by atoms with Gasteiger partial charge in [0.1, 0.15) is 0 Å². The van der Waals surface area contributed by atoms with Gasteiger partial charge in [0.15, 0.2) is 0 Å². The lowest BCUT2D eigenvalue weighted by Gasteiger charge is -2.02. The fraction of sp³-hybridized carbons (Fsp3) is 0.636. The largest absolute Gasteiger partial charge is 0.354 e. The number of hydrogen-bond donors (Lipinski definition) is 1. The van der Waals surface area contributed by atoms with Gasteiger partial charge in [-0.3, -0.25) is 0 Å². The minimum Gasteiger partial charge on any atom is -0.354 e. The first-order chi connectivity index (χ1) is 6.24. The Morgan fingerprint density at radius 3 is 2.77 bits per heavy atom. The molecule has 0 saturated carbocycles. The third-order valence-electron chi connectivity index (χ3n) is 2.32. The Kier molecular flexibility index (Phi) is 4.03. The second-order valence-electron chi connectivity index (χ2n) is 3.68. The Morgan fingerprint density at radius 1 is 1.46 bits per heavy atom.